The second kappa shape index (κ2) is 6.67. The van der Waals surface area contributed by atoms with Crippen molar-refractivity contribution in [3.8, 4) is 5.75 Å². The summed E-state index contributed by atoms with van der Waals surface area (Å²) < 4.78 is 40.1. The highest BCUT2D eigenvalue weighted by molar-refractivity contribution is 6.02. The first-order valence-corrected chi connectivity index (χ1v) is 6.73. The van der Waals surface area contributed by atoms with Crippen LogP contribution in [-0.4, -0.2) is 35.5 Å². The number of nitrogens with zero attached hydrogens (tertiary/aromatic N) is 1. The number of benzene rings is 1. The maximum absolute atomic E-state index is 12.1. The van der Waals surface area contributed by atoms with Crippen LogP contribution >= 0.6 is 0 Å². The van der Waals surface area contributed by atoms with E-state index in [0.29, 0.717) is 0 Å². The van der Waals surface area contributed by atoms with E-state index in [1.165, 1.54) is 12.1 Å². The number of ether oxygens (including phenoxy) is 1. The molecule has 1 N–H and O–H groups in total. The van der Waals surface area contributed by atoms with Crippen LogP contribution in [0.1, 0.15) is 19.3 Å². The number of anilines is 1. The highest BCUT2D eigenvalue weighted by atomic mass is 19.4. The van der Waals surface area contributed by atoms with Gasteiger partial charge in [0.05, 0.1) is 0 Å². The van der Waals surface area contributed by atoms with Crippen LogP contribution < -0.4 is 10.1 Å². The number of rotatable bonds is 5. The molecule has 9 heteroatoms. The molecule has 0 aliphatic carbocycles. The molecule has 0 spiro atoms. The van der Waals surface area contributed by atoms with Crippen molar-refractivity contribution in [2.24, 2.45) is 0 Å². The molecule has 124 valence electrons. The number of halogens is 3. The van der Waals surface area contributed by atoms with Crippen LogP contribution in [0.25, 0.3) is 0 Å². The summed E-state index contributed by atoms with van der Waals surface area (Å²) in [5, 5.41) is 2.39. The number of carbonyl (C=O) groups excluding carboxylic acids is 3. The molecule has 3 amide bonds. The van der Waals surface area contributed by atoms with Gasteiger partial charge in [0.15, 0.2) is 0 Å². The highest BCUT2D eigenvalue weighted by Crippen LogP contribution is 2.25. The normalized spacial score (nSPS) is 15.0. The first-order chi connectivity index (χ1) is 10.7. The van der Waals surface area contributed by atoms with Gasteiger partial charge < -0.3 is 10.1 Å². The fraction of sp³-hybridized carbons (Fsp3) is 0.357. The number of carbonyl (C=O) groups is 3. The molecule has 1 aliphatic heterocycles. The summed E-state index contributed by atoms with van der Waals surface area (Å²) in [6.07, 6.45) is -4.69. The van der Waals surface area contributed by atoms with Gasteiger partial charge in [-0.1, -0.05) is 6.07 Å². The molecule has 1 aliphatic rings. The maximum Gasteiger partial charge on any atom is 0.573 e. The van der Waals surface area contributed by atoms with Gasteiger partial charge in [-0.3, -0.25) is 19.3 Å². The van der Waals surface area contributed by atoms with Gasteiger partial charge in [-0.2, -0.15) is 0 Å². The van der Waals surface area contributed by atoms with Gasteiger partial charge in [-0.25, -0.2) is 0 Å². The third-order valence-electron chi connectivity index (χ3n) is 3.07. The van der Waals surface area contributed by atoms with E-state index in [9.17, 15) is 27.6 Å². The Bertz CT molecular complexity index is 615. The summed E-state index contributed by atoms with van der Waals surface area (Å²) in [5.41, 5.74) is 0.121. The Hall–Kier alpha value is -2.58. The lowest BCUT2D eigenvalue weighted by Gasteiger charge is -2.14. The minimum atomic E-state index is -4.82. The average molecular weight is 330 g/mol. The second-order valence-electron chi connectivity index (χ2n) is 4.81. The van der Waals surface area contributed by atoms with Gasteiger partial charge in [-0.05, 0) is 12.1 Å². The Morgan fingerprint density at radius 1 is 1.22 bits per heavy atom. The number of nitrogens with one attached hydrogen (secondary N) is 1. The molecule has 1 fully saturated rings. The van der Waals surface area contributed by atoms with Crippen LogP contribution in [0, 0.1) is 0 Å². The van der Waals surface area contributed by atoms with Crippen LogP contribution in [-0.2, 0) is 14.4 Å². The first kappa shape index (κ1) is 16.8. The Labute approximate surface area is 129 Å². The minimum Gasteiger partial charge on any atom is -0.406 e. The van der Waals surface area contributed by atoms with E-state index in [4.69, 9.17) is 0 Å². The highest BCUT2D eigenvalue weighted by Gasteiger charge is 2.31. The summed E-state index contributed by atoms with van der Waals surface area (Å²) >= 11 is 0. The summed E-state index contributed by atoms with van der Waals surface area (Å²) in [5.74, 6) is -1.64. The van der Waals surface area contributed by atoms with E-state index in [0.717, 1.165) is 17.0 Å². The number of alkyl halides is 3. The van der Waals surface area contributed by atoms with Crippen molar-refractivity contribution in [1.29, 1.82) is 0 Å². The molecule has 1 aromatic rings. The number of hydrogen-bond acceptors (Lipinski definition) is 4. The SMILES string of the molecule is O=C(CCN1C(=O)CCC1=O)Nc1cccc(OC(F)(F)F)c1. The molecule has 0 bridgehead atoms. The first-order valence-electron chi connectivity index (χ1n) is 6.73. The van der Waals surface area contributed by atoms with E-state index in [1.54, 1.807) is 0 Å². The van der Waals surface area contributed by atoms with E-state index < -0.39 is 18.0 Å². The molecule has 1 heterocycles. The van der Waals surface area contributed by atoms with Gasteiger partial charge in [-0.15, -0.1) is 13.2 Å². The minimum absolute atomic E-state index is 0.0533. The van der Waals surface area contributed by atoms with Crippen molar-refractivity contribution in [3.63, 3.8) is 0 Å². The van der Waals surface area contributed by atoms with Crippen LogP contribution in [0.4, 0.5) is 18.9 Å². The van der Waals surface area contributed by atoms with Crippen molar-refractivity contribution in [2.75, 3.05) is 11.9 Å². The third-order valence-corrected chi connectivity index (χ3v) is 3.07. The molecule has 1 saturated heterocycles. The predicted molar refractivity (Wildman–Crippen MR) is 72.3 cm³/mol. The molecule has 0 atom stereocenters. The lowest BCUT2D eigenvalue weighted by atomic mass is 10.3. The quantitative estimate of drug-likeness (QED) is 0.839. The van der Waals surface area contributed by atoms with E-state index in [-0.39, 0.29) is 43.3 Å². The molecular weight excluding hydrogens is 317 g/mol. The smallest absolute Gasteiger partial charge is 0.406 e. The molecule has 2 rings (SSSR count). The fourth-order valence-corrected chi connectivity index (χ4v) is 2.08. The maximum atomic E-state index is 12.1. The predicted octanol–water partition coefficient (Wildman–Crippen LogP) is 2.06. The Kier molecular flexibility index (Phi) is 4.87. The molecule has 6 nitrogen and oxygen atoms in total. The Morgan fingerprint density at radius 2 is 1.87 bits per heavy atom. The molecule has 0 saturated carbocycles. The van der Waals surface area contributed by atoms with Crippen molar-refractivity contribution in [3.05, 3.63) is 24.3 Å². The summed E-state index contributed by atoms with van der Waals surface area (Å²) in [7, 11) is 0. The van der Waals surface area contributed by atoms with Gasteiger partial charge in [0.2, 0.25) is 17.7 Å². The van der Waals surface area contributed by atoms with Crippen molar-refractivity contribution < 1.29 is 32.3 Å². The molecule has 23 heavy (non-hydrogen) atoms. The zero-order valence-corrected chi connectivity index (χ0v) is 11.9. The average Bonchev–Trinajstić information content (AvgIpc) is 2.74. The second-order valence-corrected chi connectivity index (χ2v) is 4.81. The van der Waals surface area contributed by atoms with E-state index >= 15 is 0 Å². The molecule has 0 unspecified atom stereocenters. The molecule has 0 radical (unpaired) electrons. The van der Waals surface area contributed by atoms with Crippen LogP contribution in [0.5, 0.6) is 5.75 Å². The largest absolute Gasteiger partial charge is 0.573 e. The lowest BCUT2D eigenvalue weighted by Crippen LogP contribution is -2.32. The molecular formula is C14H13F3N2O4. The number of imide groups is 1. The zero-order chi connectivity index (χ0) is 17.0. The standard InChI is InChI=1S/C14H13F3N2O4/c15-14(16,17)23-10-3-1-2-9(8-10)18-11(20)6-7-19-12(21)4-5-13(19)22/h1-3,8H,4-7H2,(H,18,20). The lowest BCUT2D eigenvalue weighted by molar-refractivity contribution is -0.274. The van der Waals surface area contributed by atoms with E-state index in [2.05, 4.69) is 10.1 Å². The van der Waals surface area contributed by atoms with Gasteiger partial charge >= 0.3 is 6.36 Å². The topological polar surface area (TPSA) is 75.7 Å². The summed E-state index contributed by atoms with van der Waals surface area (Å²) in [6.45, 7) is -0.0533. The Balaban J connectivity index is 1.89. The summed E-state index contributed by atoms with van der Waals surface area (Å²) in [4.78, 5) is 35.5. The van der Waals surface area contributed by atoms with Gasteiger partial charge in [0, 0.05) is 37.6 Å². The van der Waals surface area contributed by atoms with Crippen LogP contribution in [0.15, 0.2) is 24.3 Å². The third kappa shape index (κ3) is 4.97. The zero-order valence-electron chi connectivity index (χ0n) is 11.9. The van der Waals surface area contributed by atoms with Crippen LogP contribution in [0.3, 0.4) is 0 Å². The van der Waals surface area contributed by atoms with Gasteiger partial charge in [0.1, 0.15) is 5.75 Å². The molecule has 0 aromatic heterocycles. The van der Waals surface area contributed by atoms with Crippen molar-refractivity contribution >= 4 is 23.4 Å². The fourth-order valence-electron chi connectivity index (χ4n) is 2.08. The molecule has 1 aromatic carbocycles. The van der Waals surface area contributed by atoms with Crippen molar-refractivity contribution in [2.45, 2.75) is 25.6 Å². The van der Waals surface area contributed by atoms with E-state index in [1.807, 2.05) is 0 Å². The monoisotopic (exact) mass is 330 g/mol. The van der Waals surface area contributed by atoms with Gasteiger partial charge in [0.25, 0.3) is 0 Å². The summed E-state index contributed by atoms with van der Waals surface area (Å²) in [6, 6.07) is 4.82. The van der Waals surface area contributed by atoms with Crippen LogP contribution in [0.2, 0.25) is 0 Å². The number of amides is 3. The Morgan fingerprint density at radius 3 is 2.48 bits per heavy atom. The number of likely N-dealkylation sites (tertiary alicyclic amines) is 1. The number of hydrogen-bond donors (Lipinski definition) is 1. The van der Waals surface area contributed by atoms with Crippen molar-refractivity contribution in [1.82, 2.24) is 4.90 Å².